The quantitative estimate of drug-likeness (QED) is 0.768. The first-order chi connectivity index (χ1) is 9.87. The topological polar surface area (TPSA) is 64.4 Å². The van der Waals surface area contributed by atoms with Crippen molar-refractivity contribution in [2.75, 3.05) is 6.61 Å². The fourth-order valence-electron chi connectivity index (χ4n) is 4.78. The fraction of sp³-hybridized carbons (Fsp3) is 0.941. The molecule has 0 spiro atoms. The lowest BCUT2D eigenvalue weighted by molar-refractivity contribution is -0.176. The Morgan fingerprint density at radius 1 is 1.19 bits per heavy atom. The number of ether oxygens (including phenoxy) is 1. The largest absolute Gasteiger partial charge is 0.377 e. The van der Waals surface area contributed by atoms with Gasteiger partial charge in [-0.05, 0) is 31.6 Å². The number of carbonyl (C=O) groups is 1. The van der Waals surface area contributed by atoms with Gasteiger partial charge >= 0.3 is 0 Å². The van der Waals surface area contributed by atoms with Crippen molar-refractivity contribution < 1.29 is 9.53 Å². The molecule has 0 radical (unpaired) electrons. The summed E-state index contributed by atoms with van der Waals surface area (Å²) in [5.74, 6) is 1.03. The van der Waals surface area contributed by atoms with E-state index >= 15 is 0 Å². The lowest BCUT2D eigenvalue weighted by Gasteiger charge is -2.60. The first-order valence-electron chi connectivity index (χ1n) is 8.59. The molecule has 2 saturated carbocycles. The van der Waals surface area contributed by atoms with Gasteiger partial charge < -0.3 is 15.8 Å². The molecule has 1 amide bonds. The summed E-state index contributed by atoms with van der Waals surface area (Å²) in [5.41, 5.74) is 5.58. The summed E-state index contributed by atoms with van der Waals surface area (Å²) >= 11 is 0. The van der Waals surface area contributed by atoms with Crippen molar-refractivity contribution in [2.45, 2.75) is 77.0 Å². The zero-order valence-corrected chi connectivity index (χ0v) is 13.7. The minimum Gasteiger partial charge on any atom is -0.377 e. The standard InChI is InChI=1S/C17H30N2O2/c1-11-5-4-6-12(8-7-11)19-15(20)17(18)13-9-10-21-14(13)16(17,2)3/h11-14H,4-10,18H2,1-3H3,(H,19,20). The lowest BCUT2D eigenvalue weighted by atomic mass is 9.48. The number of nitrogens with two attached hydrogens (primary N) is 1. The summed E-state index contributed by atoms with van der Waals surface area (Å²) in [6.07, 6.45) is 6.96. The van der Waals surface area contributed by atoms with Crippen LogP contribution in [0.4, 0.5) is 0 Å². The number of hydrogen-bond acceptors (Lipinski definition) is 3. The van der Waals surface area contributed by atoms with Crippen LogP contribution in [0.3, 0.4) is 0 Å². The van der Waals surface area contributed by atoms with Gasteiger partial charge in [0.15, 0.2) is 0 Å². The minimum atomic E-state index is -0.758. The lowest BCUT2D eigenvalue weighted by Crippen LogP contribution is -2.80. The molecular formula is C17H30N2O2. The molecule has 0 aromatic carbocycles. The molecule has 3 fully saturated rings. The number of carbonyl (C=O) groups excluding carboxylic acids is 1. The van der Waals surface area contributed by atoms with Gasteiger partial charge in [-0.2, -0.15) is 0 Å². The van der Waals surface area contributed by atoms with E-state index in [2.05, 4.69) is 26.1 Å². The summed E-state index contributed by atoms with van der Waals surface area (Å²) < 4.78 is 5.78. The van der Waals surface area contributed by atoms with Crippen molar-refractivity contribution in [3.05, 3.63) is 0 Å². The fourth-order valence-corrected chi connectivity index (χ4v) is 4.78. The van der Waals surface area contributed by atoms with Crippen molar-refractivity contribution in [3.63, 3.8) is 0 Å². The van der Waals surface area contributed by atoms with E-state index in [1.54, 1.807) is 0 Å². The van der Waals surface area contributed by atoms with Crippen LogP contribution in [0.5, 0.6) is 0 Å². The van der Waals surface area contributed by atoms with Crippen LogP contribution < -0.4 is 11.1 Å². The highest BCUT2D eigenvalue weighted by molar-refractivity contribution is 5.89. The molecule has 3 N–H and O–H groups in total. The zero-order chi connectivity index (χ0) is 15.3. The molecule has 1 saturated heterocycles. The normalized spacial score (nSPS) is 45.3. The minimum absolute atomic E-state index is 0.0544. The van der Waals surface area contributed by atoms with E-state index in [0.717, 1.165) is 31.8 Å². The molecule has 1 heterocycles. The molecule has 4 heteroatoms. The predicted molar refractivity (Wildman–Crippen MR) is 82.7 cm³/mol. The van der Waals surface area contributed by atoms with E-state index in [1.807, 2.05) is 0 Å². The van der Waals surface area contributed by atoms with E-state index < -0.39 is 5.54 Å². The van der Waals surface area contributed by atoms with Crippen LogP contribution in [0, 0.1) is 17.3 Å². The number of nitrogens with one attached hydrogen (secondary N) is 1. The van der Waals surface area contributed by atoms with E-state index in [4.69, 9.17) is 10.5 Å². The molecule has 2 aliphatic carbocycles. The summed E-state index contributed by atoms with van der Waals surface area (Å²) in [5, 5.41) is 3.27. The van der Waals surface area contributed by atoms with Gasteiger partial charge in [0.1, 0.15) is 5.54 Å². The van der Waals surface area contributed by atoms with Gasteiger partial charge in [0.05, 0.1) is 6.10 Å². The van der Waals surface area contributed by atoms with Crippen molar-refractivity contribution >= 4 is 5.91 Å². The first kappa shape index (κ1) is 15.3. The van der Waals surface area contributed by atoms with Crippen LogP contribution in [0.2, 0.25) is 0 Å². The SMILES string of the molecule is CC1CCCC(NC(=O)C2(N)C3CCOC3C2(C)C)CC1. The summed E-state index contributed by atoms with van der Waals surface area (Å²) in [4.78, 5) is 12.9. The highest BCUT2D eigenvalue weighted by Crippen LogP contribution is 2.58. The average Bonchev–Trinajstić information content (AvgIpc) is 2.83. The summed E-state index contributed by atoms with van der Waals surface area (Å²) in [7, 11) is 0. The molecule has 21 heavy (non-hydrogen) atoms. The smallest absolute Gasteiger partial charge is 0.241 e. The van der Waals surface area contributed by atoms with Gasteiger partial charge in [0, 0.05) is 24.0 Å². The molecule has 1 aliphatic heterocycles. The summed E-state index contributed by atoms with van der Waals surface area (Å²) in [6.45, 7) is 7.21. The Morgan fingerprint density at radius 2 is 1.95 bits per heavy atom. The second-order valence-electron chi connectivity index (χ2n) is 8.06. The maximum Gasteiger partial charge on any atom is 0.241 e. The third kappa shape index (κ3) is 2.22. The van der Waals surface area contributed by atoms with Crippen LogP contribution in [-0.2, 0) is 9.53 Å². The van der Waals surface area contributed by atoms with Crippen molar-refractivity contribution in [1.82, 2.24) is 5.32 Å². The Hall–Kier alpha value is -0.610. The number of amides is 1. The predicted octanol–water partition coefficient (Wildman–Crippen LogP) is 2.21. The Kier molecular flexibility index (Phi) is 3.81. The number of rotatable bonds is 2. The Morgan fingerprint density at radius 3 is 2.71 bits per heavy atom. The Balaban J connectivity index is 1.67. The number of hydrogen-bond donors (Lipinski definition) is 2. The molecule has 120 valence electrons. The molecule has 3 aliphatic rings. The molecule has 0 aromatic heterocycles. The first-order valence-corrected chi connectivity index (χ1v) is 8.59. The van der Waals surface area contributed by atoms with Gasteiger partial charge in [-0.25, -0.2) is 0 Å². The second kappa shape index (κ2) is 5.24. The van der Waals surface area contributed by atoms with Crippen LogP contribution in [0.25, 0.3) is 0 Å². The van der Waals surface area contributed by atoms with E-state index in [9.17, 15) is 4.79 Å². The van der Waals surface area contributed by atoms with Gasteiger partial charge in [-0.1, -0.05) is 33.6 Å². The highest BCUT2D eigenvalue weighted by Gasteiger charge is 2.71. The molecule has 5 atom stereocenters. The third-order valence-corrected chi connectivity index (χ3v) is 6.42. The third-order valence-electron chi connectivity index (χ3n) is 6.42. The Labute approximate surface area is 128 Å². The van der Waals surface area contributed by atoms with Crippen molar-refractivity contribution in [1.29, 1.82) is 0 Å². The van der Waals surface area contributed by atoms with Gasteiger partial charge in [0.2, 0.25) is 5.91 Å². The maximum atomic E-state index is 12.9. The van der Waals surface area contributed by atoms with Gasteiger partial charge in [-0.15, -0.1) is 0 Å². The van der Waals surface area contributed by atoms with Gasteiger partial charge in [-0.3, -0.25) is 4.79 Å². The van der Waals surface area contributed by atoms with Crippen LogP contribution in [0.1, 0.15) is 59.3 Å². The zero-order valence-electron chi connectivity index (χ0n) is 13.7. The molecule has 5 unspecified atom stereocenters. The molecule has 0 bridgehead atoms. The van der Waals surface area contributed by atoms with E-state index in [-0.39, 0.29) is 23.3 Å². The summed E-state index contributed by atoms with van der Waals surface area (Å²) in [6, 6.07) is 0.306. The molecule has 3 rings (SSSR count). The molecule has 0 aromatic rings. The van der Waals surface area contributed by atoms with E-state index in [1.165, 1.54) is 19.3 Å². The molecule has 4 nitrogen and oxygen atoms in total. The van der Waals surface area contributed by atoms with Gasteiger partial charge in [0.25, 0.3) is 0 Å². The average molecular weight is 294 g/mol. The van der Waals surface area contributed by atoms with Crippen molar-refractivity contribution in [2.24, 2.45) is 23.0 Å². The maximum absolute atomic E-state index is 12.9. The second-order valence-corrected chi connectivity index (χ2v) is 8.06. The van der Waals surface area contributed by atoms with Crippen LogP contribution in [0.15, 0.2) is 0 Å². The van der Waals surface area contributed by atoms with E-state index in [0.29, 0.717) is 6.04 Å². The van der Waals surface area contributed by atoms with Crippen LogP contribution in [-0.4, -0.2) is 30.2 Å². The highest BCUT2D eigenvalue weighted by atomic mass is 16.5. The van der Waals surface area contributed by atoms with Crippen molar-refractivity contribution in [3.8, 4) is 0 Å². The monoisotopic (exact) mass is 294 g/mol. The van der Waals surface area contributed by atoms with Crippen LogP contribution >= 0.6 is 0 Å². The molecular weight excluding hydrogens is 264 g/mol. The Bertz CT molecular complexity index is 423. The number of fused-ring (bicyclic) bond motifs is 1.